The molecule has 132 valence electrons. The van der Waals surface area contributed by atoms with Crippen molar-refractivity contribution in [2.75, 3.05) is 0 Å². The van der Waals surface area contributed by atoms with Gasteiger partial charge in [-0.25, -0.2) is 4.98 Å². The average Bonchev–Trinajstić information content (AvgIpc) is 3.34. The second-order valence-electron chi connectivity index (χ2n) is 6.03. The number of hydrogen-bond acceptors (Lipinski definition) is 5. The van der Waals surface area contributed by atoms with E-state index in [2.05, 4.69) is 15.1 Å². The molecule has 4 heterocycles. The van der Waals surface area contributed by atoms with Gasteiger partial charge in [-0.3, -0.25) is 4.79 Å². The van der Waals surface area contributed by atoms with Gasteiger partial charge < -0.3 is 8.98 Å². The number of fused-ring (bicyclic) bond motifs is 2. The third kappa shape index (κ3) is 2.60. The van der Waals surface area contributed by atoms with Crippen molar-refractivity contribution in [1.29, 1.82) is 0 Å². The number of benzene rings is 1. The van der Waals surface area contributed by atoms with E-state index in [4.69, 9.17) is 16.0 Å². The third-order valence-electron chi connectivity index (χ3n) is 4.35. The quantitative estimate of drug-likeness (QED) is 0.481. The van der Waals surface area contributed by atoms with E-state index in [0.29, 0.717) is 39.7 Å². The van der Waals surface area contributed by atoms with Crippen LogP contribution in [-0.2, 0) is 6.54 Å². The molecule has 1 aromatic carbocycles. The Labute approximate surface area is 157 Å². The van der Waals surface area contributed by atoms with Gasteiger partial charge in [0.2, 0.25) is 0 Å². The minimum Gasteiger partial charge on any atom is -0.467 e. The Bertz CT molecular complexity index is 1340. The zero-order chi connectivity index (χ0) is 18.4. The summed E-state index contributed by atoms with van der Waals surface area (Å²) in [6.45, 7) is 0.326. The van der Waals surface area contributed by atoms with E-state index < -0.39 is 0 Å². The van der Waals surface area contributed by atoms with Crippen molar-refractivity contribution in [1.82, 2.24) is 24.1 Å². The van der Waals surface area contributed by atoms with Crippen molar-refractivity contribution < 1.29 is 4.42 Å². The van der Waals surface area contributed by atoms with Gasteiger partial charge in [0.05, 0.1) is 29.4 Å². The molecule has 0 bridgehead atoms. The molecule has 0 saturated carbocycles. The van der Waals surface area contributed by atoms with Crippen molar-refractivity contribution in [2.45, 2.75) is 6.54 Å². The molecule has 0 N–H and O–H groups in total. The first-order chi connectivity index (χ1) is 13.2. The normalized spacial score (nSPS) is 11.4. The smallest absolute Gasteiger partial charge is 0.262 e. The Hall–Kier alpha value is -3.45. The van der Waals surface area contributed by atoms with Crippen LogP contribution in [0.2, 0.25) is 5.02 Å². The Balaban J connectivity index is 1.86. The SMILES string of the molecule is O=c1c2c(-c3cccc(Cl)c3)n3ncnc3nc2ccn1Cc1ccco1. The molecule has 0 aliphatic carbocycles. The van der Waals surface area contributed by atoms with Crippen LogP contribution in [-0.4, -0.2) is 24.1 Å². The number of halogens is 1. The summed E-state index contributed by atoms with van der Waals surface area (Å²) in [5, 5.41) is 5.27. The van der Waals surface area contributed by atoms with Gasteiger partial charge >= 0.3 is 0 Å². The Kier molecular flexibility index (Phi) is 3.54. The first kappa shape index (κ1) is 15.8. The van der Waals surface area contributed by atoms with E-state index in [0.717, 1.165) is 5.56 Å². The number of aromatic nitrogens is 5. The summed E-state index contributed by atoms with van der Waals surface area (Å²) in [5.74, 6) is 1.11. The molecule has 0 aliphatic rings. The van der Waals surface area contributed by atoms with E-state index in [1.165, 1.54) is 6.33 Å². The monoisotopic (exact) mass is 377 g/mol. The average molecular weight is 378 g/mol. The van der Waals surface area contributed by atoms with E-state index in [-0.39, 0.29) is 5.56 Å². The molecule has 0 atom stereocenters. The number of nitrogens with zero attached hydrogens (tertiary/aromatic N) is 5. The summed E-state index contributed by atoms with van der Waals surface area (Å²) in [6, 6.07) is 12.7. The van der Waals surface area contributed by atoms with Crippen LogP contribution in [0.5, 0.6) is 0 Å². The highest BCUT2D eigenvalue weighted by Gasteiger charge is 2.17. The van der Waals surface area contributed by atoms with Gasteiger partial charge in [0.1, 0.15) is 12.1 Å². The lowest BCUT2D eigenvalue weighted by Crippen LogP contribution is -2.21. The first-order valence-corrected chi connectivity index (χ1v) is 8.60. The number of pyridine rings is 1. The molecule has 4 aromatic heterocycles. The molecule has 27 heavy (non-hydrogen) atoms. The first-order valence-electron chi connectivity index (χ1n) is 8.22. The predicted molar refractivity (Wildman–Crippen MR) is 101 cm³/mol. The molecule has 0 saturated heterocycles. The Morgan fingerprint density at radius 1 is 1.15 bits per heavy atom. The molecule has 0 spiro atoms. The van der Waals surface area contributed by atoms with E-state index >= 15 is 0 Å². The minimum absolute atomic E-state index is 0.191. The van der Waals surface area contributed by atoms with Crippen LogP contribution in [0.1, 0.15) is 5.76 Å². The lowest BCUT2D eigenvalue weighted by Gasteiger charge is -2.11. The van der Waals surface area contributed by atoms with Crippen LogP contribution in [0.15, 0.2) is 70.5 Å². The van der Waals surface area contributed by atoms with E-state index in [9.17, 15) is 4.79 Å². The van der Waals surface area contributed by atoms with Crippen LogP contribution in [0.3, 0.4) is 0 Å². The van der Waals surface area contributed by atoms with Crippen molar-refractivity contribution in [2.24, 2.45) is 0 Å². The maximum absolute atomic E-state index is 13.3. The molecule has 0 unspecified atom stereocenters. The summed E-state index contributed by atoms with van der Waals surface area (Å²) < 4.78 is 8.52. The number of rotatable bonds is 3. The fourth-order valence-electron chi connectivity index (χ4n) is 3.16. The van der Waals surface area contributed by atoms with Gasteiger partial charge in [-0.2, -0.15) is 14.6 Å². The summed E-state index contributed by atoms with van der Waals surface area (Å²) in [5.41, 5.74) is 1.72. The lowest BCUT2D eigenvalue weighted by atomic mass is 10.1. The van der Waals surface area contributed by atoms with E-state index in [1.54, 1.807) is 45.8 Å². The van der Waals surface area contributed by atoms with Gasteiger partial charge in [-0.05, 0) is 30.3 Å². The zero-order valence-electron chi connectivity index (χ0n) is 13.9. The second kappa shape index (κ2) is 6.07. The number of furan rings is 1. The van der Waals surface area contributed by atoms with Crippen LogP contribution in [0.4, 0.5) is 0 Å². The van der Waals surface area contributed by atoms with Gasteiger partial charge in [0.25, 0.3) is 11.3 Å². The molecular formula is C19H12ClN5O2. The molecule has 5 aromatic rings. The molecule has 5 rings (SSSR count). The van der Waals surface area contributed by atoms with Crippen LogP contribution in [0, 0.1) is 0 Å². The van der Waals surface area contributed by atoms with Crippen molar-refractivity contribution >= 4 is 28.3 Å². The lowest BCUT2D eigenvalue weighted by molar-refractivity contribution is 0.490. The fourth-order valence-corrected chi connectivity index (χ4v) is 3.35. The highest BCUT2D eigenvalue weighted by Crippen LogP contribution is 2.27. The van der Waals surface area contributed by atoms with E-state index in [1.807, 2.05) is 18.2 Å². The highest BCUT2D eigenvalue weighted by atomic mass is 35.5. The van der Waals surface area contributed by atoms with Crippen LogP contribution < -0.4 is 5.56 Å². The second-order valence-corrected chi connectivity index (χ2v) is 6.47. The maximum Gasteiger partial charge on any atom is 0.262 e. The van der Waals surface area contributed by atoms with Gasteiger partial charge in [0, 0.05) is 16.8 Å². The van der Waals surface area contributed by atoms with Crippen molar-refractivity contribution in [3.8, 4) is 11.3 Å². The largest absolute Gasteiger partial charge is 0.467 e. The van der Waals surface area contributed by atoms with Gasteiger partial charge in [-0.15, -0.1) is 0 Å². The van der Waals surface area contributed by atoms with Crippen LogP contribution in [0.25, 0.3) is 27.9 Å². The topological polar surface area (TPSA) is 78.2 Å². The molecule has 0 fully saturated rings. The predicted octanol–water partition coefficient (Wildman–Crippen LogP) is 3.40. The minimum atomic E-state index is -0.191. The molecule has 0 radical (unpaired) electrons. The zero-order valence-corrected chi connectivity index (χ0v) is 14.7. The Morgan fingerprint density at radius 3 is 2.89 bits per heavy atom. The summed E-state index contributed by atoms with van der Waals surface area (Å²) in [6.07, 6.45) is 4.70. The summed E-state index contributed by atoms with van der Waals surface area (Å²) in [7, 11) is 0. The summed E-state index contributed by atoms with van der Waals surface area (Å²) in [4.78, 5) is 21.9. The third-order valence-corrected chi connectivity index (χ3v) is 4.58. The molecule has 0 aliphatic heterocycles. The molecule has 7 nitrogen and oxygen atoms in total. The van der Waals surface area contributed by atoms with Crippen LogP contribution >= 0.6 is 11.6 Å². The standard InChI is InChI=1S/C19H12ClN5O2/c20-13-4-1-3-12(9-13)17-16-15(23-19-21-11-22-25(17)19)6-7-24(18(16)26)10-14-5-2-8-27-14/h1-9,11H,10H2. The molecule has 8 heteroatoms. The highest BCUT2D eigenvalue weighted by molar-refractivity contribution is 6.30. The van der Waals surface area contributed by atoms with Gasteiger partial charge in [-0.1, -0.05) is 23.7 Å². The molecule has 0 amide bonds. The maximum atomic E-state index is 13.3. The Morgan fingerprint density at radius 2 is 2.07 bits per heavy atom. The molecular weight excluding hydrogens is 366 g/mol. The van der Waals surface area contributed by atoms with Crippen molar-refractivity contribution in [3.05, 3.63) is 82.4 Å². The van der Waals surface area contributed by atoms with Gasteiger partial charge in [0.15, 0.2) is 0 Å². The number of hydrogen-bond donors (Lipinski definition) is 0. The van der Waals surface area contributed by atoms with Crippen molar-refractivity contribution in [3.63, 3.8) is 0 Å². The summed E-state index contributed by atoms with van der Waals surface area (Å²) >= 11 is 6.18. The fraction of sp³-hybridized carbons (Fsp3) is 0.0526.